The maximum Gasteiger partial charge on any atom is 0.0644 e. The van der Waals surface area contributed by atoms with Gasteiger partial charge in [0, 0.05) is 6.54 Å². The zero-order valence-electron chi connectivity index (χ0n) is 14.1. The van der Waals surface area contributed by atoms with E-state index in [0.29, 0.717) is 0 Å². The van der Waals surface area contributed by atoms with Crippen LogP contribution in [0.15, 0.2) is 99.9 Å². The van der Waals surface area contributed by atoms with Gasteiger partial charge < -0.3 is 4.57 Å². The lowest BCUT2D eigenvalue weighted by Crippen LogP contribution is -2.04. The molecule has 0 spiro atoms. The molecule has 0 aliphatic carbocycles. The van der Waals surface area contributed by atoms with Crippen LogP contribution < -0.4 is 0 Å². The molecule has 26 heavy (non-hydrogen) atoms. The molecule has 3 aromatic carbocycles. The smallest absolute Gasteiger partial charge is 0.0644 e. The molecule has 1 aromatic heterocycles. The van der Waals surface area contributed by atoms with Crippen LogP contribution in [-0.2, 0) is 6.54 Å². The van der Waals surface area contributed by atoms with Crippen LogP contribution in [-0.4, -0.2) is 4.57 Å². The number of benzene rings is 3. The maximum absolute atomic E-state index is 3.83. The first kappa shape index (κ1) is 17.3. The molecular weight excluding hydrogens is 450 g/mol. The number of hydrogen-bond acceptors (Lipinski definition) is 0. The lowest BCUT2D eigenvalue weighted by atomic mass is 10.1. The normalized spacial score (nSPS) is 10.8. The Morgan fingerprint density at radius 2 is 0.923 bits per heavy atom. The molecule has 0 saturated carbocycles. The van der Waals surface area contributed by atoms with E-state index >= 15 is 0 Å². The lowest BCUT2D eigenvalue weighted by Gasteiger charge is -2.15. The summed E-state index contributed by atoms with van der Waals surface area (Å²) in [6, 6.07) is 31.6. The van der Waals surface area contributed by atoms with Crippen LogP contribution >= 0.6 is 31.9 Å². The third kappa shape index (κ3) is 3.29. The molecule has 1 nitrogen and oxygen atoms in total. The summed E-state index contributed by atoms with van der Waals surface area (Å²) in [7, 11) is 0. The first-order valence-electron chi connectivity index (χ1n) is 8.48. The van der Waals surface area contributed by atoms with Gasteiger partial charge in [-0.25, -0.2) is 0 Å². The van der Waals surface area contributed by atoms with Crippen molar-refractivity contribution < 1.29 is 0 Å². The van der Waals surface area contributed by atoms with E-state index in [4.69, 9.17) is 0 Å². The molecule has 128 valence electrons. The van der Waals surface area contributed by atoms with Crippen LogP contribution in [0.3, 0.4) is 0 Å². The maximum atomic E-state index is 3.83. The Hall–Kier alpha value is -2.10. The molecule has 0 aliphatic rings. The Bertz CT molecular complexity index is 944. The summed E-state index contributed by atoms with van der Waals surface area (Å²) in [5.41, 5.74) is 6.02. The molecule has 3 heteroatoms. The molecule has 0 radical (unpaired) electrons. The Morgan fingerprint density at radius 3 is 1.35 bits per heavy atom. The van der Waals surface area contributed by atoms with Gasteiger partial charge in [0.05, 0.1) is 20.3 Å². The average molecular weight is 467 g/mol. The molecule has 0 saturated heterocycles. The molecule has 0 atom stereocenters. The van der Waals surface area contributed by atoms with Crippen molar-refractivity contribution in [3.05, 3.63) is 106 Å². The minimum atomic E-state index is 0.805. The molecule has 0 N–H and O–H groups in total. The summed E-state index contributed by atoms with van der Waals surface area (Å²) in [5, 5.41) is 0. The predicted molar refractivity (Wildman–Crippen MR) is 116 cm³/mol. The Morgan fingerprint density at radius 1 is 0.538 bits per heavy atom. The van der Waals surface area contributed by atoms with Crippen molar-refractivity contribution in [1.29, 1.82) is 0 Å². The van der Waals surface area contributed by atoms with E-state index in [9.17, 15) is 0 Å². The second-order valence-electron chi connectivity index (χ2n) is 6.13. The van der Waals surface area contributed by atoms with Gasteiger partial charge in [-0.05, 0) is 48.6 Å². The number of hydrogen-bond donors (Lipinski definition) is 0. The summed E-state index contributed by atoms with van der Waals surface area (Å²) in [5.74, 6) is 0. The summed E-state index contributed by atoms with van der Waals surface area (Å²) >= 11 is 7.66. The molecule has 0 bridgehead atoms. The minimum absolute atomic E-state index is 0.805. The Kier molecular flexibility index (Phi) is 5.09. The van der Waals surface area contributed by atoms with Crippen molar-refractivity contribution in [2.24, 2.45) is 0 Å². The summed E-state index contributed by atoms with van der Waals surface area (Å²) in [6.07, 6.45) is 0. The standard InChI is InChI=1S/C23H17Br2N/c24-20-21(25)23(19-14-8-3-9-15-19)26(16-17-10-4-1-5-11-17)22(20)18-12-6-2-7-13-18/h1-15H,16H2. The predicted octanol–water partition coefficient (Wildman–Crippen LogP) is 7.40. The van der Waals surface area contributed by atoms with E-state index in [1.165, 1.54) is 28.1 Å². The van der Waals surface area contributed by atoms with Crippen LogP contribution in [0.25, 0.3) is 22.5 Å². The second kappa shape index (κ2) is 7.65. The molecule has 0 unspecified atom stereocenters. The van der Waals surface area contributed by atoms with Crippen molar-refractivity contribution in [2.75, 3.05) is 0 Å². The first-order chi connectivity index (χ1) is 12.8. The minimum Gasteiger partial charge on any atom is -0.334 e. The average Bonchev–Trinajstić information content (AvgIpc) is 2.94. The van der Waals surface area contributed by atoms with E-state index in [0.717, 1.165) is 15.5 Å². The highest BCUT2D eigenvalue weighted by Crippen LogP contribution is 2.44. The largest absolute Gasteiger partial charge is 0.334 e. The molecule has 0 fully saturated rings. The fourth-order valence-corrected chi connectivity index (χ4v) is 4.50. The number of aromatic nitrogens is 1. The van der Waals surface area contributed by atoms with Crippen molar-refractivity contribution in [3.63, 3.8) is 0 Å². The Balaban J connectivity index is 1.97. The monoisotopic (exact) mass is 465 g/mol. The summed E-state index contributed by atoms with van der Waals surface area (Å²) in [4.78, 5) is 0. The number of nitrogens with zero attached hydrogens (tertiary/aromatic N) is 1. The van der Waals surface area contributed by atoms with Crippen molar-refractivity contribution >= 4 is 31.9 Å². The van der Waals surface area contributed by atoms with Gasteiger partial charge in [0.25, 0.3) is 0 Å². The molecule has 0 aliphatic heterocycles. The highest BCUT2D eigenvalue weighted by molar-refractivity contribution is 9.13. The van der Waals surface area contributed by atoms with Crippen LogP contribution in [0.5, 0.6) is 0 Å². The van der Waals surface area contributed by atoms with Gasteiger partial charge in [-0.15, -0.1) is 0 Å². The third-order valence-corrected chi connectivity index (χ3v) is 6.50. The third-order valence-electron chi connectivity index (χ3n) is 4.43. The van der Waals surface area contributed by atoms with Crippen LogP contribution in [0.4, 0.5) is 0 Å². The number of halogens is 2. The molecule has 4 aromatic rings. The second-order valence-corrected chi connectivity index (χ2v) is 7.71. The quantitative estimate of drug-likeness (QED) is 0.295. The van der Waals surface area contributed by atoms with Gasteiger partial charge in [-0.2, -0.15) is 0 Å². The van der Waals surface area contributed by atoms with Gasteiger partial charge in [-0.1, -0.05) is 91.0 Å². The highest BCUT2D eigenvalue weighted by atomic mass is 79.9. The number of rotatable bonds is 4. The zero-order chi connectivity index (χ0) is 17.9. The SMILES string of the molecule is Brc1c(Br)c(-c2ccccc2)n(Cc2ccccc2)c1-c1ccccc1. The van der Waals surface area contributed by atoms with E-state index in [2.05, 4.69) is 127 Å². The molecule has 0 amide bonds. The van der Waals surface area contributed by atoms with Crippen molar-refractivity contribution in [3.8, 4) is 22.5 Å². The van der Waals surface area contributed by atoms with Gasteiger partial charge >= 0.3 is 0 Å². The molecule has 1 heterocycles. The van der Waals surface area contributed by atoms with Crippen LogP contribution in [0.1, 0.15) is 5.56 Å². The molecule has 4 rings (SSSR count). The first-order valence-corrected chi connectivity index (χ1v) is 10.1. The summed E-state index contributed by atoms with van der Waals surface area (Å²) < 4.78 is 4.55. The van der Waals surface area contributed by atoms with Gasteiger partial charge in [0.1, 0.15) is 0 Å². The fourth-order valence-electron chi connectivity index (χ4n) is 3.24. The van der Waals surface area contributed by atoms with Crippen LogP contribution in [0.2, 0.25) is 0 Å². The topological polar surface area (TPSA) is 4.93 Å². The van der Waals surface area contributed by atoms with Crippen LogP contribution in [0, 0.1) is 0 Å². The van der Waals surface area contributed by atoms with E-state index in [1.807, 2.05) is 0 Å². The van der Waals surface area contributed by atoms with E-state index < -0.39 is 0 Å². The lowest BCUT2D eigenvalue weighted by molar-refractivity contribution is 0.820. The van der Waals surface area contributed by atoms with Crippen molar-refractivity contribution in [1.82, 2.24) is 4.57 Å². The van der Waals surface area contributed by atoms with Gasteiger partial charge in [0.15, 0.2) is 0 Å². The van der Waals surface area contributed by atoms with Gasteiger partial charge in [-0.3, -0.25) is 0 Å². The van der Waals surface area contributed by atoms with E-state index in [1.54, 1.807) is 0 Å². The van der Waals surface area contributed by atoms with Gasteiger partial charge in [0.2, 0.25) is 0 Å². The summed E-state index contributed by atoms with van der Waals surface area (Å²) in [6.45, 7) is 0.805. The highest BCUT2D eigenvalue weighted by Gasteiger charge is 2.22. The fraction of sp³-hybridized carbons (Fsp3) is 0.0435. The Labute approximate surface area is 170 Å². The van der Waals surface area contributed by atoms with Crippen molar-refractivity contribution in [2.45, 2.75) is 6.54 Å². The zero-order valence-corrected chi connectivity index (χ0v) is 17.2. The molecular formula is C23H17Br2N. The van der Waals surface area contributed by atoms with E-state index in [-0.39, 0.29) is 0 Å².